The number of aromatic nitrogens is 1. The van der Waals surface area contributed by atoms with Crippen molar-refractivity contribution in [2.24, 2.45) is 0 Å². The number of halogens is 2. The van der Waals surface area contributed by atoms with Crippen LogP contribution in [0.15, 0.2) is 53.0 Å². The molecule has 0 aliphatic rings. The van der Waals surface area contributed by atoms with Crippen LogP contribution >= 0.6 is 15.9 Å². The largest absolute Gasteiger partial charge is 0.454 e. The van der Waals surface area contributed by atoms with Gasteiger partial charge in [0.1, 0.15) is 5.75 Å². The molecule has 0 saturated heterocycles. The number of ether oxygens (including phenoxy) is 1. The minimum atomic E-state index is -3.44. The molecule has 3 aromatic rings. The van der Waals surface area contributed by atoms with Crippen LogP contribution in [0.3, 0.4) is 0 Å². The summed E-state index contributed by atoms with van der Waals surface area (Å²) in [5, 5.41) is 0. The van der Waals surface area contributed by atoms with Crippen molar-refractivity contribution < 1.29 is 17.5 Å². The fourth-order valence-electron chi connectivity index (χ4n) is 2.83. The highest BCUT2D eigenvalue weighted by atomic mass is 79.9. The molecule has 0 unspecified atom stereocenters. The van der Waals surface area contributed by atoms with Crippen molar-refractivity contribution in [1.82, 2.24) is 4.98 Å². The maximum Gasteiger partial charge on any atom is 0.232 e. The molecule has 0 bridgehead atoms. The van der Waals surface area contributed by atoms with Gasteiger partial charge in [-0.3, -0.25) is 9.71 Å². The molecular formula is C21H20BrFN2O3S. The van der Waals surface area contributed by atoms with Crippen LogP contribution in [0.25, 0.3) is 11.1 Å². The van der Waals surface area contributed by atoms with Gasteiger partial charge in [0, 0.05) is 27.1 Å². The normalized spacial score (nSPS) is 11.3. The van der Waals surface area contributed by atoms with Crippen LogP contribution in [-0.4, -0.2) is 19.2 Å². The molecule has 0 atom stereocenters. The van der Waals surface area contributed by atoms with Crippen LogP contribution in [0.2, 0.25) is 0 Å². The van der Waals surface area contributed by atoms with Crippen molar-refractivity contribution in [3.63, 3.8) is 0 Å². The molecule has 1 heterocycles. The maximum absolute atomic E-state index is 14.3. The Bertz CT molecular complexity index is 1150. The lowest BCUT2D eigenvalue weighted by Gasteiger charge is -2.15. The Morgan fingerprint density at radius 1 is 1.03 bits per heavy atom. The number of rotatable bonds is 6. The third kappa shape index (κ3) is 5.33. The number of nitrogens with one attached hydrogen (secondary N) is 1. The number of hydrogen-bond acceptors (Lipinski definition) is 4. The first-order chi connectivity index (χ1) is 13.7. The van der Waals surface area contributed by atoms with Gasteiger partial charge in [-0.25, -0.2) is 12.8 Å². The van der Waals surface area contributed by atoms with Gasteiger partial charge in [-0.2, -0.15) is 0 Å². The van der Waals surface area contributed by atoms with Crippen LogP contribution in [-0.2, 0) is 10.0 Å². The fraction of sp³-hybridized carbons (Fsp3) is 0.190. The van der Waals surface area contributed by atoms with E-state index in [1.807, 2.05) is 26.0 Å². The molecule has 8 heteroatoms. The van der Waals surface area contributed by atoms with E-state index in [1.54, 1.807) is 31.2 Å². The molecule has 5 nitrogen and oxygen atoms in total. The number of aryl methyl sites for hydroxylation is 2. The number of anilines is 1. The van der Waals surface area contributed by atoms with E-state index in [0.717, 1.165) is 17.0 Å². The summed E-state index contributed by atoms with van der Waals surface area (Å²) in [6.45, 7) is 5.30. The van der Waals surface area contributed by atoms with Crippen molar-refractivity contribution in [2.45, 2.75) is 20.8 Å². The quantitative estimate of drug-likeness (QED) is 0.484. The second-order valence-electron chi connectivity index (χ2n) is 6.53. The zero-order chi connectivity index (χ0) is 21.2. The van der Waals surface area contributed by atoms with E-state index in [1.165, 1.54) is 12.1 Å². The molecule has 29 heavy (non-hydrogen) atoms. The van der Waals surface area contributed by atoms with E-state index in [2.05, 4.69) is 25.6 Å². The van der Waals surface area contributed by atoms with Crippen molar-refractivity contribution in [2.75, 3.05) is 10.5 Å². The summed E-state index contributed by atoms with van der Waals surface area (Å²) in [7, 11) is -3.44. The van der Waals surface area contributed by atoms with Gasteiger partial charge in [-0.05, 0) is 74.9 Å². The van der Waals surface area contributed by atoms with Gasteiger partial charge in [0.2, 0.25) is 10.0 Å². The molecule has 0 fully saturated rings. The molecule has 0 spiro atoms. The van der Waals surface area contributed by atoms with Crippen LogP contribution < -0.4 is 9.46 Å². The predicted octanol–water partition coefficient (Wildman–Crippen LogP) is 5.82. The van der Waals surface area contributed by atoms with Crippen molar-refractivity contribution >= 4 is 31.6 Å². The Labute approximate surface area is 178 Å². The average Bonchev–Trinajstić information content (AvgIpc) is 2.64. The summed E-state index contributed by atoms with van der Waals surface area (Å²) in [6.07, 6.45) is 0. The van der Waals surface area contributed by atoms with Crippen LogP contribution in [0, 0.1) is 19.7 Å². The summed E-state index contributed by atoms with van der Waals surface area (Å²) in [6, 6.07) is 13.1. The molecular weight excluding hydrogens is 459 g/mol. The first-order valence-electron chi connectivity index (χ1n) is 8.90. The first kappa shape index (κ1) is 21.3. The summed E-state index contributed by atoms with van der Waals surface area (Å²) >= 11 is 3.23. The summed E-state index contributed by atoms with van der Waals surface area (Å²) < 4.78 is 47.2. The van der Waals surface area contributed by atoms with Gasteiger partial charge in [0.05, 0.1) is 5.75 Å². The topological polar surface area (TPSA) is 68.3 Å². The third-order valence-electron chi connectivity index (χ3n) is 4.14. The second-order valence-corrected chi connectivity index (χ2v) is 9.46. The van der Waals surface area contributed by atoms with Crippen LogP contribution in [0.1, 0.15) is 18.3 Å². The molecule has 1 aromatic heterocycles. The molecule has 2 aromatic carbocycles. The summed E-state index contributed by atoms with van der Waals surface area (Å²) in [5.41, 5.74) is 3.43. The number of sulfonamides is 1. The van der Waals surface area contributed by atoms with E-state index in [9.17, 15) is 12.8 Å². The Hall–Kier alpha value is -2.45. The highest BCUT2D eigenvalue weighted by Gasteiger charge is 2.15. The van der Waals surface area contributed by atoms with E-state index in [0.29, 0.717) is 21.5 Å². The lowest BCUT2D eigenvalue weighted by molar-refractivity contribution is 0.443. The van der Waals surface area contributed by atoms with Crippen molar-refractivity contribution in [3.8, 4) is 22.6 Å². The highest BCUT2D eigenvalue weighted by molar-refractivity contribution is 9.10. The Morgan fingerprint density at radius 3 is 2.31 bits per heavy atom. The fourth-order valence-corrected chi connectivity index (χ4v) is 3.79. The third-order valence-corrected chi connectivity index (χ3v) is 5.94. The van der Waals surface area contributed by atoms with E-state index in [4.69, 9.17) is 4.74 Å². The molecule has 0 amide bonds. The van der Waals surface area contributed by atoms with Gasteiger partial charge in [-0.1, -0.05) is 15.9 Å². The van der Waals surface area contributed by atoms with Gasteiger partial charge < -0.3 is 4.74 Å². The highest BCUT2D eigenvalue weighted by Crippen LogP contribution is 2.37. The van der Waals surface area contributed by atoms with Gasteiger partial charge in [0.15, 0.2) is 11.6 Å². The lowest BCUT2D eigenvalue weighted by Crippen LogP contribution is -2.14. The van der Waals surface area contributed by atoms with E-state index >= 15 is 0 Å². The number of hydrogen-bond donors (Lipinski definition) is 1. The Morgan fingerprint density at radius 2 is 1.69 bits per heavy atom. The van der Waals surface area contributed by atoms with E-state index in [-0.39, 0.29) is 11.5 Å². The predicted molar refractivity (Wildman–Crippen MR) is 116 cm³/mol. The maximum atomic E-state index is 14.3. The standard InChI is InChI=1S/C21H20BrFN2O3S/c1-4-29(26,27)25-17-6-8-20(28-21-7-5-16(22)11-19(21)23)18(12-17)15-9-13(2)24-14(3)10-15/h5-12,25H,4H2,1-3H3. The molecule has 0 radical (unpaired) electrons. The van der Waals surface area contributed by atoms with Crippen molar-refractivity contribution in [3.05, 3.63) is 70.2 Å². The monoisotopic (exact) mass is 478 g/mol. The minimum Gasteiger partial charge on any atom is -0.454 e. The molecule has 152 valence electrons. The zero-order valence-corrected chi connectivity index (χ0v) is 18.6. The second kappa shape index (κ2) is 8.51. The molecule has 1 N–H and O–H groups in total. The average molecular weight is 479 g/mol. The number of nitrogens with zero attached hydrogens (tertiary/aromatic N) is 1. The Kier molecular flexibility index (Phi) is 6.24. The summed E-state index contributed by atoms with van der Waals surface area (Å²) in [5.74, 6) is -0.0873. The minimum absolute atomic E-state index is 0.0435. The van der Waals surface area contributed by atoms with E-state index < -0.39 is 15.8 Å². The lowest BCUT2D eigenvalue weighted by atomic mass is 10.0. The van der Waals surface area contributed by atoms with Crippen LogP contribution in [0.5, 0.6) is 11.5 Å². The van der Waals surface area contributed by atoms with Crippen LogP contribution in [0.4, 0.5) is 10.1 Å². The molecule has 0 aliphatic heterocycles. The first-order valence-corrected chi connectivity index (χ1v) is 11.3. The molecule has 0 saturated carbocycles. The Balaban J connectivity index is 2.11. The van der Waals surface area contributed by atoms with Crippen molar-refractivity contribution in [1.29, 1.82) is 0 Å². The van der Waals surface area contributed by atoms with Gasteiger partial charge in [0.25, 0.3) is 0 Å². The smallest absolute Gasteiger partial charge is 0.232 e. The molecule has 3 rings (SSSR count). The number of pyridine rings is 1. The summed E-state index contributed by atoms with van der Waals surface area (Å²) in [4.78, 5) is 4.37. The number of benzene rings is 2. The van der Waals surface area contributed by atoms with Gasteiger partial charge in [-0.15, -0.1) is 0 Å². The molecule has 0 aliphatic carbocycles. The zero-order valence-electron chi connectivity index (χ0n) is 16.2. The SMILES string of the molecule is CCS(=O)(=O)Nc1ccc(Oc2ccc(Br)cc2F)c(-c2cc(C)nc(C)c2)c1. The van der Waals surface area contributed by atoms with Gasteiger partial charge >= 0.3 is 0 Å².